The molecule has 0 N–H and O–H groups in total. The largest absolute Gasteiger partial charge is 0.463 e. The SMILES string of the molecule is CCOC(=O)/C=C/CSC1CCCCC1. The van der Waals surface area contributed by atoms with E-state index in [1.165, 1.54) is 32.1 Å². The van der Waals surface area contributed by atoms with Crippen molar-refractivity contribution in [3.05, 3.63) is 12.2 Å². The molecule has 0 aromatic carbocycles. The van der Waals surface area contributed by atoms with Crippen LogP contribution in [0, 0.1) is 0 Å². The van der Waals surface area contributed by atoms with Crippen LogP contribution in [0.15, 0.2) is 12.2 Å². The number of ether oxygens (including phenoxy) is 1. The van der Waals surface area contributed by atoms with Crippen LogP contribution in [0.25, 0.3) is 0 Å². The summed E-state index contributed by atoms with van der Waals surface area (Å²) < 4.78 is 4.80. The highest BCUT2D eigenvalue weighted by Gasteiger charge is 2.12. The number of carbonyl (C=O) groups excluding carboxylic acids is 1. The fourth-order valence-electron chi connectivity index (χ4n) is 1.76. The molecule has 0 radical (unpaired) electrons. The summed E-state index contributed by atoms with van der Waals surface area (Å²) in [6, 6.07) is 0. The van der Waals surface area contributed by atoms with Gasteiger partial charge in [0.05, 0.1) is 6.61 Å². The molecule has 0 unspecified atom stereocenters. The standard InChI is InChI=1S/C12H20O2S/c1-2-14-12(13)9-6-10-15-11-7-4-3-5-8-11/h6,9,11H,2-5,7-8,10H2,1H3/b9-6+. The molecule has 1 rings (SSSR count). The average molecular weight is 228 g/mol. The zero-order valence-electron chi connectivity index (χ0n) is 9.41. The number of hydrogen-bond donors (Lipinski definition) is 0. The van der Waals surface area contributed by atoms with E-state index in [1.807, 2.05) is 24.8 Å². The maximum atomic E-state index is 11.0. The Morgan fingerprint density at radius 1 is 1.40 bits per heavy atom. The molecule has 0 amide bonds. The number of hydrogen-bond acceptors (Lipinski definition) is 3. The quantitative estimate of drug-likeness (QED) is 0.534. The summed E-state index contributed by atoms with van der Waals surface area (Å²) in [6.45, 7) is 2.28. The van der Waals surface area contributed by atoms with Gasteiger partial charge in [-0.25, -0.2) is 4.79 Å². The Bertz CT molecular complexity index is 208. The first kappa shape index (κ1) is 12.6. The van der Waals surface area contributed by atoms with Gasteiger partial charge in [0, 0.05) is 17.1 Å². The van der Waals surface area contributed by atoms with Crippen molar-refractivity contribution in [2.24, 2.45) is 0 Å². The molecule has 15 heavy (non-hydrogen) atoms. The average Bonchev–Trinajstić information content (AvgIpc) is 2.26. The minimum atomic E-state index is -0.221. The minimum absolute atomic E-state index is 0.221. The molecular formula is C12H20O2S. The van der Waals surface area contributed by atoms with Crippen LogP contribution in [0.5, 0.6) is 0 Å². The molecule has 0 spiro atoms. The molecule has 2 nitrogen and oxygen atoms in total. The fraction of sp³-hybridized carbons (Fsp3) is 0.750. The zero-order chi connectivity index (χ0) is 10.9. The molecule has 0 bridgehead atoms. The zero-order valence-corrected chi connectivity index (χ0v) is 10.2. The topological polar surface area (TPSA) is 26.3 Å². The lowest BCUT2D eigenvalue weighted by Crippen LogP contribution is -2.08. The smallest absolute Gasteiger partial charge is 0.330 e. The summed E-state index contributed by atoms with van der Waals surface area (Å²) in [5.41, 5.74) is 0. The first-order valence-electron chi connectivity index (χ1n) is 5.78. The molecule has 0 saturated heterocycles. The fourth-order valence-corrected chi connectivity index (χ4v) is 2.90. The molecule has 1 saturated carbocycles. The predicted octanol–water partition coefficient (Wildman–Crippen LogP) is 3.17. The predicted molar refractivity (Wildman–Crippen MR) is 65.1 cm³/mol. The molecule has 0 heterocycles. The second-order valence-corrected chi connectivity index (χ2v) is 5.08. The van der Waals surface area contributed by atoms with Crippen molar-refractivity contribution in [3.63, 3.8) is 0 Å². The van der Waals surface area contributed by atoms with Gasteiger partial charge in [0.2, 0.25) is 0 Å². The second kappa shape index (κ2) is 7.80. The van der Waals surface area contributed by atoms with Gasteiger partial charge in [-0.3, -0.25) is 0 Å². The van der Waals surface area contributed by atoms with Crippen molar-refractivity contribution in [2.75, 3.05) is 12.4 Å². The molecule has 1 aliphatic rings. The van der Waals surface area contributed by atoms with Gasteiger partial charge in [0.15, 0.2) is 0 Å². The van der Waals surface area contributed by atoms with Crippen LogP contribution in [0.4, 0.5) is 0 Å². The van der Waals surface area contributed by atoms with Gasteiger partial charge in [-0.15, -0.1) is 0 Å². The van der Waals surface area contributed by atoms with Crippen LogP contribution in [0.3, 0.4) is 0 Å². The van der Waals surface area contributed by atoms with Crippen molar-refractivity contribution in [2.45, 2.75) is 44.3 Å². The maximum Gasteiger partial charge on any atom is 0.330 e. The molecule has 1 aliphatic carbocycles. The third-order valence-electron chi connectivity index (χ3n) is 2.52. The van der Waals surface area contributed by atoms with Gasteiger partial charge < -0.3 is 4.74 Å². The number of thioether (sulfide) groups is 1. The van der Waals surface area contributed by atoms with Crippen LogP contribution in [-0.2, 0) is 9.53 Å². The van der Waals surface area contributed by atoms with Crippen LogP contribution in [0.2, 0.25) is 0 Å². The van der Waals surface area contributed by atoms with Crippen molar-refractivity contribution in [1.82, 2.24) is 0 Å². The molecule has 0 atom stereocenters. The van der Waals surface area contributed by atoms with E-state index >= 15 is 0 Å². The summed E-state index contributed by atoms with van der Waals surface area (Å²) in [7, 11) is 0. The van der Waals surface area contributed by atoms with Gasteiger partial charge in [-0.1, -0.05) is 25.3 Å². The number of rotatable bonds is 5. The van der Waals surface area contributed by atoms with Gasteiger partial charge in [-0.2, -0.15) is 11.8 Å². The molecule has 0 aromatic rings. The third-order valence-corrected chi connectivity index (χ3v) is 3.85. The summed E-state index contributed by atoms with van der Waals surface area (Å²) in [5, 5.41) is 0.811. The highest BCUT2D eigenvalue weighted by molar-refractivity contribution is 8.00. The van der Waals surface area contributed by atoms with Crippen molar-refractivity contribution in [3.8, 4) is 0 Å². The normalized spacial score (nSPS) is 18.2. The third kappa shape index (κ3) is 5.88. The molecular weight excluding hydrogens is 208 g/mol. The number of carbonyl (C=O) groups is 1. The lowest BCUT2D eigenvalue weighted by Gasteiger charge is -2.19. The molecule has 3 heteroatoms. The highest BCUT2D eigenvalue weighted by atomic mass is 32.2. The van der Waals surface area contributed by atoms with E-state index in [0.717, 1.165) is 11.0 Å². The van der Waals surface area contributed by atoms with Crippen molar-refractivity contribution < 1.29 is 9.53 Å². The maximum absolute atomic E-state index is 11.0. The Labute approximate surface area is 96.5 Å². The van der Waals surface area contributed by atoms with Crippen LogP contribution < -0.4 is 0 Å². The van der Waals surface area contributed by atoms with E-state index < -0.39 is 0 Å². The van der Waals surface area contributed by atoms with E-state index in [2.05, 4.69) is 0 Å². The van der Waals surface area contributed by atoms with E-state index in [0.29, 0.717) is 6.61 Å². The summed E-state index contributed by atoms with van der Waals surface area (Å²) >= 11 is 1.96. The summed E-state index contributed by atoms with van der Waals surface area (Å²) in [6.07, 6.45) is 10.3. The lowest BCUT2D eigenvalue weighted by molar-refractivity contribution is -0.137. The van der Waals surface area contributed by atoms with Crippen LogP contribution in [0.1, 0.15) is 39.0 Å². The molecule has 0 aromatic heterocycles. The molecule has 0 aliphatic heterocycles. The van der Waals surface area contributed by atoms with Gasteiger partial charge in [-0.05, 0) is 19.8 Å². The van der Waals surface area contributed by atoms with Crippen LogP contribution >= 0.6 is 11.8 Å². The Balaban J connectivity index is 2.06. The Hall–Kier alpha value is -0.440. The van der Waals surface area contributed by atoms with E-state index in [1.54, 1.807) is 6.08 Å². The first-order valence-corrected chi connectivity index (χ1v) is 6.82. The first-order chi connectivity index (χ1) is 7.33. The summed E-state index contributed by atoms with van der Waals surface area (Å²) in [4.78, 5) is 11.0. The monoisotopic (exact) mass is 228 g/mol. The van der Waals surface area contributed by atoms with Crippen molar-refractivity contribution >= 4 is 17.7 Å². The van der Waals surface area contributed by atoms with E-state index in [4.69, 9.17) is 4.74 Å². The van der Waals surface area contributed by atoms with Crippen LogP contribution in [-0.4, -0.2) is 23.6 Å². The summed E-state index contributed by atoms with van der Waals surface area (Å²) in [5.74, 6) is 0.713. The Morgan fingerprint density at radius 2 is 2.13 bits per heavy atom. The van der Waals surface area contributed by atoms with Gasteiger partial charge in [0.1, 0.15) is 0 Å². The van der Waals surface area contributed by atoms with Crippen molar-refractivity contribution in [1.29, 1.82) is 0 Å². The molecule has 86 valence electrons. The molecule has 1 fully saturated rings. The minimum Gasteiger partial charge on any atom is -0.463 e. The van der Waals surface area contributed by atoms with Gasteiger partial charge in [0.25, 0.3) is 0 Å². The Morgan fingerprint density at radius 3 is 2.80 bits per heavy atom. The van der Waals surface area contributed by atoms with Gasteiger partial charge >= 0.3 is 5.97 Å². The Kier molecular flexibility index (Phi) is 6.57. The van der Waals surface area contributed by atoms with E-state index in [9.17, 15) is 4.79 Å². The number of esters is 1. The lowest BCUT2D eigenvalue weighted by atomic mass is 10.0. The van der Waals surface area contributed by atoms with E-state index in [-0.39, 0.29) is 5.97 Å². The highest BCUT2D eigenvalue weighted by Crippen LogP contribution is 2.27. The second-order valence-electron chi connectivity index (χ2n) is 3.75.